The highest BCUT2D eigenvalue weighted by Crippen LogP contribution is 2.31. The summed E-state index contributed by atoms with van der Waals surface area (Å²) in [5, 5.41) is 9.74. The summed E-state index contributed by atoms with van der Waals surface area (Å²) in [6.07, 6.45) is 0. The minimum Gasteiger partial charge on any atom is -0.507 e. The van der Waals surface area contributed by atoms with Gasteiger partial charge in [-0.05, 0) is 46.6 Å². The molecule has 0 aliphatic heterocycles. The fourth-order valence-corrected chi connectivity index (χ4v) is 1.64. The van der Waals surface area contributed by atoms with E-state index >= 15 is 0 Å². The van der Waals surface area contributed by atoms with E-state index in [1.807, 2.05) is 13.0 Å². The molecule has 12 heavy (non-hydrogen) atoms. The van der Waals surface area contributed by atoms with Crippen molar-refractivity contribution >= 4 is 22.6 Å². The summed E-state index contributed by atoms with van der Waals surface area (Å²) in [5.41, 5.74) is 2.17. The van der Waals surface area contributed by atoms with E-state index < -0.39 is 0 Å². The molecule has 0 atom stereocenters. The Kier molecular flexibility index (Phi) is 2.99. The maximum atomic E-state index is 9.74. The van der Waals surface area contributed by atoms with E-state index in [9.17, 15) is 5.11 Å². The molecule has 66 valence electrons. The molecule has 0 heterocycles. The van der Waals surface area contributed by atoms with E-state index in [4.69, 9.17) is 0 Å². The van der Waals surface area contributed by atoms with Crippen LogP contribution in [0.3, 0.4) is 0 Å². The molecule has 0 fully saturated rings. The van der Waals surface area contributed by atoms with Gasteiger partial charge >= 0.3 is 0 Å². The van der Waals surface area contributed by atoms with Crippen LogP contribution in [-0.2, 0) is 0 Å². The Bertz CT molecular complexity index is 292. The Hall–Kier alpha value is -0.250. The number of benzene rings is 1. The summed E-state index contributed by atoms with van der Waals surface area (Å²) in [5.74, 6) is 0.838. The average molecular weight is 276 g/mol. The number of hydrogen-bond acceptors (Lipinski definition) is 1. The molecular formula is C10H13IO. The van der Waals surface area contributed by atoms with E-state index in [0.717, 1.165) is 14.7 Å². The number of rotatable bonds is 1. The molecule has 0 aromatic heterocycles. The summed E-state index contributed by atoms with van der Waals surface area (Å²) in [4.78, 5) is 0. The molecule has 0 amide bonds. The minimum absolute atomic E-state index is 0.388. The van der Waals surface area contributed by atoms with Crippen molar-refractivity contribution in [3.8, 4) is 5.75 Å². The van der Waals surface area contributed by atoms with Crippen LogP contribution in [0.2, 0.25) is 0 Å². The fraction of sp³-hybridized carbons (Fsp3) is 0.400. The zero-order chi connectivity index (χ0) is 9.30. The molecule has 0 spiro atoms. The van der Waals surface area contributed by atoms with Crippen LogP contribution in [0.5, 0.6) is 5.75 Å². The Morgan fingerprint density at radius 3 is 2.42 bits per heavy atom. The molecule has 1 aromatic rings. The lowest BCUT2D eigenvalue weighted by Crippen LogP contribution is -1.91. The van der Waals surface area contributed by atoms with Gasteiger partial charge in [0.1, 0.15) is 5.75 Å². The number of phenolic OH excluding ortho intramolecular Hbond substituents is 1. The van der Waals surface area contributed by atoms with Crippen molar-refractivity contribution in [2.75, 3.05) is 0 Å². The molecule has 0 bridgehead atoms. The van der Waals surface area contributed by atoms with Gasteiger partial charge in [0.05, 0.1) is 3.57 Å². The van der Waals surface area contributed by atoms with Gasteiger partial charge in [0.25, 0.3) is 0 Å². The van der Waals surface area contributed by atoms with Crippen LogP contribution < -0.4 is 0 Å². The zero-order valence-electron chi connectivity index (χ0n) is 7.56. The van der Waals surface area contributed by atoms with Crippen molar-refractivity contribution in [1.29, 1.82) is 0 Å². The van der Waals surface area contributed by atoms with Crippen molar-refractivity contribution in [1.82, 2.24) is 0 Å². The Labute approximate surface area is 86.9 Å². The predicted molar refractivity (Wildman–Crippen MR) is 59.6 cm³/mol. The predicted octanol–water partition coefficient (Wildman–Crippen LogP) is 3.43. The summed E-state index contributed by atoms with van der Waals surface area (Å²) in [6, 6.07) is 4.05. The highest BCUT2D eigenvalue weighted by molar-refractivity contribution is 14.1. The number of halogens is 1. The van der Waals surface area contributed by atoms with Gasteiger partial charge < -0.3 is 5.11 Å². The second-order valence-electron chi connectivity index (χ2n) is 3.29. The third-order valence-corrected chi connectivity index (χ3v) is 3.32. The molecule has 0 saturated carbocycles. The minimum atomic E-state index is 0.388. The van der Waals surface area contributed by atoms with Gasteiger partial charge in [0.2, 0.25) is 0 Å². The smallest absolute Gasteiger partial charge is 0.132 e. The van der Waals surface area contributed by atoms with Crippen LogP contribution in [0.15, 0.2) is 12.1 Å². The highest BCUT2D eigenvalue weighted by atomic mass is 127. The first-order valence-electron chi connectivity index (χ1n) is 4.02. The van der Waals surface area contributed by atoms with Crippen molar-refractivity contribution in [2.24, 2.45) is 0 Å². The van der Waals surface area contributed by atoms with E-state index in [1.54, 1.807) is 0 Å². The topological polar surface area (TPSA) is 20.2 Å². The molecule has 0 aliphatic rings. The van der Waals surface area contributed by atoms with Gasteiger partial charge in [-0.15, -0.1) is 0 Å². The van der Waals surface area contributed by atoms with Gasteiger partial charge in [0, 0.05) is 0 Å². The third kappa shape index (κ3) is 1.73. The number of phenols is 1. The SMILES string of the molecule is Cc1ccc(C(C)C)c(O)c1I. The third-order valence-electron chi connectivity index (χ3n) is 1.96. The highest BCUT2D eigenvalue weighted by Gasteiger charge is 2.09. The van der Waals surface area contributed by atoms with Crippen LogP contribution in [0.25, 0.3) is 0 Å². The van der Waals surface area contributed by atoms with Crippen molar-refractivity contribution in [2.45, 2.75) is 26.7 Å². The molecule has 0 aliphatic carbocycles. The largest absolute Gasteiger partial charge is 0.507 e. The van der Waals surface area contributed by atoms with Crippen LogP contribution in [0.1, 0.15) is 30.9 Å². The molecule has 0 radical (unpaired) electrons. The van der Waals surface area contributed by atoms with Gasteiger partial charge in [-0.2, -0.15) is 0 Å². The number of aryl methyl sites for hydroxylation is 1. The van der Waals surface area contributed by atoms with Crippen molar-refractivity contribution in [3.05, 3.63) is 26.8 Å². The summed E-state index contributed by atoms with van der Waals surface area (Å²) >= 11 is 2.18. The van der Waals surface area contributed by atoms with Gasteiger partial charge in [0.15, 0.2) is 0 Å². The molecule has 1 nitrogen and oxygen atoms in total. The maximum Gasteiger partial charge on any atom is 0.132 e. The first kappa shape index (κ1) is 9.84. The lowest BCUT2D eigenvalue weighted by Gasteiger charge is -2.10. The molecule has 2 heteroatoms. The molecule has 0 unspecified atom stereocenters. The van der Waals surface area contributed by atoms with E-state index in [1.165, 1.54) is 0 Å². The molecule has 0 saturated heterocycles. The Morgan fingerprint density at radius 2 is 1.92 bits per heavy atom. The van der Waals surface area contributed by atoms with Crippen LogP contribution in [0, 0.1) is 10.5 Å². The van der Waals surface area contributed by atoms with E-state index in [-0.39, 0.29) is 0 Å². The standard InChI is InChI=1S/C10H13IO/c1-6(2)8-5-4-7(3)9(11)10(8)12/h4-6,12H,1-3H3. The van der Waals surface area contributed by atoms with Crippen LogP contribution in [-0.4, -0.2) is 5.11 Å². The number of aromatic hydroxyl groups is 1. The first-order valence-corrected chi connectivity index (χ1v) is 5.10. The fourth-order valence-electron chi connectivity index (χ4n) is 1.15. The van der Waals surface area contributed by atoms with Crippen molar-refractivity contribution < 1.29 is 5.11 Å². The average Bonchev–Trinajstić information content (AvgIpc) is 2.00. The lowest BCUT2D eigenvalue weighted by atomic mass is 10.0. The van der Waals surface area contributed by atoms with E-state index in [2.05, 4.69) is 42.5 Å². The second kappa shape index (κ2) is 3.64. The van der Waals surface area contributed by atoms with Gasteiger partial charge in [-0.25, -0.2) is 0 Å². The van der Waals surface area contributed by atoms with Crippen LogP contribution in [0.4, 0.5) is 0 Å². The summed E-state index contributed by atoms with van der Waals surface area (Å²) in [6.45, 7) is 6.17. The quantitative estimate of drug-likeness (QED) is 0.779. The molecule has 1 aromatic carbocycles. The molecule has 1 rings (SSSR count). The second-order valence-corrected chi connectivity index (χ2v) is 4.37. The Balaban J connectivity index is 3.27. The maximum absolute atomic E-state index is 9.74. The van der Waals surface area contributed by atoms with Crippen LogP contribution >= 0.6 is 22.6 Å². The Morgan fingerprint density at radius 1 is 1.33 bits per heavy atom. The summed E-state index contributed by atoms with van der Waals surface area (Å²) < 4.78 is 0.971. The zero-order valence-corrected chi connectivity index (χ0v) is 9.71. The van der Waals surface area contributed by atoms with Gasteiger partial charge in [-0.1, -0.05) is 26.0 Å². The van der Waals surface area contributed by atoms with Gasteiger partial charge in [-0.3, -0.25) is 0 Å². The first-order chi connectivity index (χ1) is 5.54. The number of hydrogen-bond donors (Lipinski definition) is 1. The molecule has 1 N–H and O–H groups in total. The molecular weight excluding hydrogens is 263 g/mol. The van der Waals surface area contributed by atoms with Crippen molar-refractivity contribution in [3.63, 3.8) is 0 Å². The lowest BCUT2D eigenvalue weighted by molar-refractivity contribution is 0.460. The summed E-state index contributed by atoms with van der Waals surface area (Å²) in [7, 11) is 0. The normalized spacial score (nSPS) is 10.8. The van der Waals surface area contributed by atoms with E-state index in [0.29, 0.717) is 11.7 Å². The monoisotopic (exact) mass is 276 g/mol.